The molecule has 1 aliphatic heterocycles. The molecule has 1 unspecified atom stereocenters. The SMILES string of the molecule is CC(C)(C)c1ccc(Oc2ccc(N3N=C(c4ccccc4)C(Sc4nnnn4-c4ccccc4)C3=O)cc2)cc1. The zero-order valence-electron chi connectivity index (χ0n) is 22.9. The van der Waals surface area contributed by atoms with Gasteiger partial charge in [0.2, 0.25) is 5.16 Å². The fourth-order valence-electron chi connectivity index (χ4n) is 4.45. The third kappa shape index (κ3) is 5.62. The van der Waals surface area contributed by atoms with Gasteiger partial charge in [0.05, 0.1) is 17.1 Å². The second kappa shape index (κ2) is 11.0. The predicted octanol–water partition coefficient (Wildman–Crippen LogP) is 6.66. The number of hydrazone groups is 1. The molecule has 41 heavy (non-hydrogen) atoms. The van der Waals surface area contributed by atoms with Crippen LogP contribution in [0.2, 0.25) is 0 Å². The molecule has 1 aliphatic rings. The van der Waals surface area contributed by atoms with Gasteiger partial charge in [0.1, 0.15) is 16.7 Å². The van der Waals surface area contributed by atoms with Gasteiger partial charge in [-0.25, -0.2) is 0 Å². The van der Waals surface area contributed by atoms with E-state index in [4.69, 9.17) is 9.84 Å². The van der Waals surface area contributed by atoms with Crippen LogP contribution in [0.4, 0.5) is 5.69 Å². The van der Waals surface area contributed by atoms with E-state index in [1.165, 1.54) is 22.3 Å². The summed E-state index contributed by atoms with van der Waals surface area (Å²) in [4.78, 5) is 13.8. The van der Waals surface area contributed by atoms with Crippen LogP contribution in [0.25, 0.3) is 5.69 Å². The number of hydrogen-bond donors (Lipinski definition) is 0. The predicted molar refractivity (Wildman–Crippen MR) is 161 cm³/mol. The Kier molecular flexibility index (Phi) is 7.11. The third-order valence-corrected chi connectivity index (χ3v) is 7.79. The summed E-state index contributed by atoms with van der Waals surface area (Å²) in [5.41, 5.74) is 4.27. The minimum absolute atomic E-state index is 0.0748. The van der Waals surface area contributed by atoms with Crippen molar-refractivity contribution in [2.24, 2.45) is 5.10 Å². The second-order valence-electron chi connectivity index (χ2n) is 10.6. The molecule has 0 saturated heterocycles. The average molecular weight is 561 g/mol. The van der Waals surface area contributed by atoms with E-state index < -0.39 is 5.25 Å². The van der Waals surface area contributed by atoms with Gasteiger partial charge in [0.25, 0.3) is 5.91 Å². The topological polar surface area (TPSA) is 85.5 Å². The molecule has 0 aliphatic carbocycles. The minimum Gasteiger partial charge on any atom is -0.457 e. The number of nitrogens with zero attached hydrogens (tertiary/aromatic N) is 6. The fraction of sp³-hybridized carbons (Fsp3) is 0.156. The van der Waals surface area contributed by atoms with E-state index in [0.29, 0.717) is 22.3 Å². The number of hydrogen-bond acceptors (Lipinski definition) is 7. The lowest BCUT2D eigenvalue weighted by Gasteiger charge is -2.19. The Labute approximate surface area is 242 Å². The monoisotopic (exact) mass is 560 g/mol. The molecule has 0 radical (unpaired) electrons. The van der Waals surface area contributed by atoms with Crippen LogP contribution < -0.4 is 9.75 Å². The first-order valence-corrected chi connectivity index (χ1v) is 14.1. The average Bonchev–Trinajstić information content (AvgIpc) is 3.59. The highest BCUT2D eigenvalue weighted by atomic mass is 32.2. The van der Waals surface area contributed by atoms with E-state index in [9.17, 15) is 4.79 Å². The molecule has 1 amide bonds. The smallest absolute Gasteiger partial charge is 0.267 e. The molecule has 4 aromatic carbocycles. The number of ether oxygens (including phenoxy) is 1. The minimum atomic E-state index is -0.636. The van der Waals surface area contributed by atoms with E-state index in [2.05, 4.69) is 48.4 Å². The van der Waals surface area contributed by atoms with Crippen molar-refractivity contribution in [1.82, 2.24) is 20.2 Å². The number of aromatic nitrogens is 4. The van der Waals surface area contributed by atoms with Crippen LogP contribution in [0.1, 0.15) is 31.9 Å². The highest BCUT2D eigenvalue weighted by Gasteiger charge is 2.39. The second-order valence-corrected chi connectivity index (χ2v) is 11.7. The molecule has 1 atom stereocenters. The number of thioether (sulfide) groups is 1. The van der Waals surface area contributed by atoms with E-state index in [0.717, 1.165) is 17.0 Å². The van der Waals surface area contributed by atoms with E-state index in [1.54, 1.807) is 4.68 Å². The number of tetrazole rings is 1. The summed E-state index contributed by atoms with van der Waals surface area (Å²) in [6.45, 7) is 6.55. The number of benzene rings is 4. The number of rotatable bonds is 7. The maximum absolute atomic E-state index is 13.8. The van der Waals surface area contributed by atoms with E-state index in [1.807, 2.05) is 97.1 Å². The number of carbonyl (C=O) groups excluding carboxylic acids is 1. The Morgan fingerprint density at radius 2 is 1.37 bits per heavy atom. The summed E-state index contributed by atoms with van der Waals surface area (Å²) in [7, 11) is 0. The first-order valence-electron chi connectivity index (χ1n) is 13.2. The molecule has 6 rings (SSSR count). The van der Waals surface area contributed by atoms with Gasteiger partial charge in [-0.1, -0.05) is 93.2 Å². The van der Waals surface area contributed by atoms with Crippen LogP contribution in [-0.2, 0) is 10.2 Å². The van der Waals surface area contributed by atoms with Crippen molar-refractivity contribution in [3.8, 4) is 17.2 Å². The lowest BCUT2D eigenvalue weighted by Crippen LogP contribution is -2.30. The molecule has 0 spiro atoms. The third-order valence-electron chi connectivity index (χ3n) is 6.66. The summed E-state index contributed by atoms with van der Waals surface area (Å²) < 4.78 is 7.69. The Balaban J connectivity index is 1.25. The maximum Gasteiger partial charge on any atom is 0.267 e. The number of anilines is 1. The van der Waals surface area contributed by atoms with Crippen molar-refractivity contribution in [2.45, 2.75) is 36.6 Å². The van der Waals surface area contributed by atoms with Gasteiger partial charge < -0.3 is 4.74 Å². The Bertz CT molecular complexity index is 1680. The first kappa shape index (κ1) is 26.5. The number of amides is 1. The summed E-state index contributed by atoms with van der Waals surface area (Å²) >= 11 is 1.28. The van der Waals surface area contributed by atoms with Crippen molar-refractivity contribution in [3.63, 3.8) is 0 Å². The zero-order valence-corrected chi connectivity index (χ0v) is 23.7. The summed E-state index contributed by atoms with van der Waals surface area (Å²) in [6, 6.07) is 34.8. The molecule has 0 fully saturated rings. The van der Waals surface area contributed by atoms with Crippen LogP contribution in [0.5, 0.6) is 11.5 Å². The van der Waals surface area contributed by atoms with Crippen LogP contribution in [-0.4, -0.2) is 37.1 Å². The zero-order chi connectivity index (χ0) is 28.4. The van der Waals surface area contributed by atoms with Gasteiger partial charge in [0, 0.05) is 0 Å². The van der Waals surface area contributed by atoms with Gasteiger partial charge >= 0.3 is 0 Å². The number of carbonyl (C=O) groups is 1. The van der Waals surface area contributed by atoms with Crippen molar-refractivity contribution in [2.75, 3.05) is 5.01 Å². The highest BCUT2D eigenvalue weighted by Crippen LogP contribution is 2.35. The molecule has 8 nitrogen and oxygen atoms in total. The number of para-hydroxylation sites is 1. The normalized spacial score (nSPS) is 15.2. The molecule has 204 valence electrons. The molecule has 9 heteroatoms. The molecule has 2 heterocycles. The van der Waals surface area contributed by atoms with Crippen molar-refractivity contribution < 1.29 is 9.53 Å². The van der Waals surface area contributed by atoms with Gasteiger partial charge in [0.15, 0.2) is 0 Å². The molecular formula is C32H28N6O2S. The molecular weight excluding hydrogens is 532 g/mol. The molecule has 1 aromatic heterocycles. The molecule has 0 saturated carbocycles. The van der Waals surface area contributed by atoms with Crippen molar-refractivity contribution in [3.05, 3.63) is 120 Å². The van der Waals surface area contributed by atoms with Gasteiger partial charge in [-0.05, 0) is 75.5 Å². The molecule has 0 bridgehead atoms. The first-order chi connectivity index (χ1) is 19.9. The van der Waals surface area contributed by atoms with Crippen LogP contribution >= 0.6 is 11.8 Å². The molecule has 5 aromatic rings. The quantitative estimate of drug-likeness (QED) is 0.221. The van der Waals surface area contributed by atoms with Crippen molar-refractivity contribution >= 4 is 29.1 Å². The van der Waals surface area contributed by atoms with E-state index in [-0.39, 0.29) is 11.3 Å². The van der Waals surface area contributed by atoms with Crippen LogP contribution in [0.3, 0.4) is 0 Å². The Morgan fingerprint density at radius 1 is 0.756 bits per heavy atom. The van der Waals surface area contributed by atoms with Gasteiger partial charge in [-0.15, -0.1) is 5.10 Å². The van der Waals surface area contributed by atoms with E-state index >= 15 is 0 Å². The standard InChI is InChI=1S/C32H28N6O2S/c1-32(2,3)23-14-18-26(19-15-23)40-27-20-16-25(17-21-27)37-30(39)29(28(34-37)22-10-6-4-7-11-22)41-31-33-35-36-38(31)24-12-8-5-9-13-24/h4-21,29H,1-3H3. The van der Waals surface area contributed by atoms with Gasteiger partial charge in [-0.2, -0.15) is 14.8 Å². The highest BCUT2D eigenvalue weighted by molar-refractivity contribution is 8.01. The molecule has 0 N–H and O–H groups in total. The summed E-state index contributed by atoms with van der Waals surface area (Å²) in [5, 5.41) is 18.3. The Hall–Kier alpha value is -4.76. The largest absolute Gasteiger partial charge is 0.457 e. The van der Waals surface area contributed by atoms with Gasteiger partial charge in [-0.3, -0.25) is 4.79 Å². The lowest BCUT2D eigenvalue weighted by atomic mass is 9.87. The lowest BCUT2D eigenvalue weighted by molar-refractivity contribution is -0.116. The summed E-state index contributed by atoms with van der Waals surface area (Å²) in [5.74, 6) is 1.24. The van der Waals surface area contributed by atoms with Crippen molar-refractivity contribution in [1.29, 1.82) is 0 Å². The Morgan fingerprint density at radius 3 is 2.00 bits per heavy atom. The maximum atomic E-state index is 13.8. The fourth-order valence-corrected chi connectivity index (χ4v) is 5.48. The van der Waals surface area contributed by atoms with Crippen LogP contribution in [0, 0.1) is 0 Å². The van der Waals surface area contributed by atoms with Crippen LogP contribution in [0.15, 0.2) is 119 Å². The summed E-state index contributed by atoms with van der Waals surface area (Å²) in [6.07, 6.45) is 0.